The van der Waals surface area contributed by atoms with Crippen LogP contribution >= 0.6 is 7.82 Å². The molecule has 0 aliphatic heterocycles. The lowest BCUT2D eigenvalue weighted by Crippen LogP contribution is -2.42. The second-order valence-corrected chi connectivity index (χ2v) is 6.77. The lowest BCUT2D eigenvalue weighted by molar-refractivity contribution is -0.349. The largest absolute Gasteiger partial charge is 0.790 e. The molecular formula is C9H19O4P-2. The van der Waals surface area contributed by atoms with Gasteiger partial charge in [0, 0.05) is 0 Å². The molecule has 0 aromatic heterocycles. The van der Waals surface area contributed by atoms with E-state index in [1.165, 1.54) is 0 Å². The van der Waals surface area contributed by atoms with E-state index in [2.05, 4.69) is 4.52 Å². The highest BCUT2D eigenvalue weighted by Crippen LogP contribution is 2.43. The van der Waals surface area contributed by atoms with Crippen LogP contribution in [0.2, 0.25) is 0 Å². The Kier molecular flexibility index (Phi) is 3.96. The van der Waals surface area contributed by atoms with Crippen molar-refractivity contribution in [1.29, 1.82) is 0 Å². The van der Waals surface area contributed by atoms with Crippen molar-refractivity contribution in [2.45, 2.75) is 47.6 Å². The molecule has 0 radical (unpaired) electrons. The molecule has 0 N–H and O–H groups in total. The summed E-state index contributed by atoms with van der Waals surface area (Å²) in [5.41, 5.74) is -0.772. The smallest absolute Gasteiger partial charge is 0.0723 e. The standard InChI is InChI=1S/C9H21O4P/c1-8(2,3)7(9(4,5)6)13-14(10,11)12/h7H,1-6H3,(H2,10,11,12)/p-2. The van der Waals surface area contributed by atoms with Crippen LogP contribution in [0.25, 0.3) is 0 Å². The van der Waals surface area contributed by atoms with Gasteiger partial charge in [-0.05, 0) is 10.8 Å². The Morgan fingerprint density at radius 2 is 1.29 bits per heavy atom. The summed E-state index contributed by atoms with van der Waals surface area (Å²) in [7, 11) is -4.91. The molecule has 0 atom stereocenters. The van der Waals surface area contributed by atoms with E-state index < -0.39 is 13.9 Å². The summed E-state index contributed by atoms with van der Waals surface area (Å²) in [6, 6.07) is 0. The van der Waals surface area contributed by atoms with Crippen molar-refractivity contribution in [2.24, 2.45) is 10.8 Å². The van der Waals surface area contributed by atoms with Crippen LogP contribution in [-0.2, 0) is 9.09 Å². The van der Waals surface area contributed by atoms with Crippen molar-refractivity contribution < 1.29 is 18.9 Å². The molecule has 0 saturated carbocycles. The quantitative estimate of drug-likeness (QED) is 0.660. The first-order valence-corrected chi connectivity index (χ1v) is 6.00. The van der Waals surface area contributed by atoms with E-state index in [-0.39, 0.29) is 10.8 Å². The van der Waals surface area contributed by atoms with Crippen molar-refractivity contribution in [3.8, 4) is 0 Å². The Labute approximate surface area is 85.9 Å². The van der Waals surface area contributed by atoms with Gasteiger partial charge in [-0.15, -0.1) is 0 Å². The van der Waals surface area contributed by atoms with Crippen LogP contribution in [0.3, 0.4) is 0 Å². The minimum Gasteiger partial charge on any atom is -0.790 e. The topological polar surface area (TPSA) is 72.4 Å². The first-order valence-electron chi connectivity index (χ1n) is 4.54. The highest BCUT2D eigenvalue weighted by Gasteiger charge is 2.36. The fourth-order valence-electron chi connectivity index (χ4n) is 1.74. The van der Waals surface area contributed by atoms with E-state index in [9.17, 15) is 14.4 Å². The van der Waals surface area contributed by atoms with E-state index in [1.807, 2.05) is 41.5 Å². The van der Waals surface area contributed by atoms with E-state index in [4.69, 9.17) is 0 Å². The molecule has 0 aliphatic rings. The molecule has 14 heavy (non-hydrogen) atoms. The fraction of sp³-hybridized carbons (Fsp3) is 1.00. The molecule has 86 valence electrons. The van der Waals surface area contributed by atoms with Crippen LogP contribution in [0.5, 0.6) is 0 Å². The normalized spacial score (nSPS) is 14.9. The zero-order chi connectivity index (χ0) is 11.8. The maximum absolute atomic E-state index is 10.6. The second kappa shape index (κ2) is 3.93. The van der Waals surface area contributed by atoms with Crippen molar-refractivity contribution in [3.05, 3.63) is 0 Å². The third-order valence-corrected chi connectivity index (χ3v) is 2.28. The predicted molar refractivity (Wildman–Crippen MR) is 51.4 cm³/mol. The van der Waals surface area contributed by atoms with E-state index in [0.717, 1.165) is 0 Å². The molecule has 0 rings (SSSR count). The molecule has 0 aliphatic carbocycles. The molecule has 0 unspecified atom stereocenters. The minimum atomic E-state index is -4.91. The zero-order valence-electron chi connectivity index (χ0n) is 9.66. The third-order valence-electron chi connectivity index (χ3n) is 1.81. The van der Waals surface area contributed by atoms with E-state index in [1.54, 1.807) is 0 Å². The maximum atomic E-state index is 10.6. The van der Waals surface area contributed by atoms with Crippen LogP contribution in [-0.4, -0.2) is 6.10 Å². The molecule has 0 bridgehead atoms. The summed E-state index contributed by atoms with van der Waals surface area (Å²) in [6.45, 7) is 11.1. The number of hydrogen-bond donors (Lipinski definition) is 0. The Hall–Kier alpha value is 0.110. The van der Waals surface area contributed by atoms with Gasteiger partial charge >= 0.3 is 0 Å². The van der Waals surface area contributed by atoms with Gasteiger partial charge in [0.1, 0.15) is 0 Å². The monoisotopic (exact) mass is 222 g/mol. The molecule has 0 aromatic carbocycles. The van der Waals surface area contributed by atoms with Gasteiger partial charge in [0.2, 0.25) is 0 Å². The summed E-state index contributed by atoms with van der Waals surface area (Å²) >= 11 is 0. The molecule has 0 saturated heterocycles. The van der Waals surface area contributed by atoms with Gasteiger partial charge in [-0.2, -0.15) is 0 Å². The van der Waals surface area contributed by atoms with Gasteiger partial charge in [-0.1, -0.05) is 41.5 Å². The predicted octanol–water partition coefficient (Wildman–Crippen LogP) is 1.29. The van der Waals surface area contributed by atoms with Crippen LogP contribution in [0, 0.1) is 10.8 Å². The molecule has 0 aromatic rings. The highest BCUT2D eigenvalue weighted by atomic mass is 31.2. The maximum Gasteiger partial charge on any atom is 0.0723 e. The number of hydrogen-bond acceptors (Lipinski definition) is 4. The second-order valence-electron chi connectivity index (χ2n) is 5.66. The Bertz CT molecular complexity index is 216. The molecule has 0 spiro atoms. The number of phosphoric ester groups is 1. The lowest BCUT2D eigenvalue weighted by Gasteiger charge is -2.45. The average Bonchev–Trinajstić information content (AvgIpc) is 1.75. The zero-order valence-corrected chi connectivity index (χ0v) is 10.6. The van der Waals surface area contributed by atoms with E-state index >= 15 is 0 Å². The van der Waals surface area contributed by atoms with Gasteiger partial charge < -0.3 is 18.9 Å². The summed E-state index contributed by atoms with van der Waals surface area (Å²) < 4.78 is 15.2. The SMILES string of the molecule is CC(C)(C)C(OP(=O)([O-])[O-])C(C)(C)C. The first kappa shape index (κ1) is 14.1. The molecule has 0 amide bonds. The van der Waals surface area contributed by atoms with Gasteiger partial charge in [-0.3, -0.25) is 0 Å². The number of rotatable bonds is 2. The average molecular weight is 222 g/mol. The summed E-state index contributed by atoms with van der Waals surface area (Å²) in [6.07, 6.45) is -0.615. The fourth-order valence-corrected chi connectivity index (χ4v) is 2.64. The molecular weight excluding hydrogens is 203 g/mol. The summed E-state index contributed by atoms with van der Waals surface area (Å²) in [4.78, 5) is 21.2. The summed E-state index contributed by atoms with van der Waals surface area (Å²) in [5.74, 6) is 0. The van der Waals surface area contributed by atoms with Gasteiger partial charge in [0.05, 0.1) is 13.9 Å². The first-order chi connectivity index (χ1) is 5.84. The molecule has 0 fully saturated rings. The van der Waals surface area contributed by atoms with Crippen LogP contribution in [0.4, 0.5) is 0 Å². The van der Waals surface area contributed by atoms with Crippen LogP contribution in [0.1, 0.15) is 41.5 Å². The van der Waals surface area contributed by atoms with Crippen molar-refractivity contribution in [3.63, 3.8) is 0 Å². The van der Waals surface area contributed by atoms with Gasteiger partial charge in [0.15, 0.2) is 0 Å². The Morgan fingerprint density at radius 1 is 1.00 bits per heavy atom. The van der Waals surface area contributed by atoms with Gasteiger partial charge in [-0.25, -0.2) is 0 Å². The van der Waals surface area contributed by atoms with Crippen molar-refractivity contribution in [1.82, 2.24) is 0 Å². The van der Waals surface area contributed by atoms with Crippen molar-refractivity contribution >= 4 is 7.82 Å². The Morgan fingerprint density at radius 3 is 1.36 bits per heavy atom. The lowest BCUT2D eigenvalue weighted by atomic mass is 9.74. The van der Waals surface area contributed by atoms with Crippen LogP contribution in [0.15, 0.2) is 0 Å². The highest BCUT2D eigenvalue weighted by molar-refractivity contribution is 7.43. The minimum absolute atomic E-state index is 0.386. The molecule has 5 heteroatoms. The molecule has 0 heterocycles. The van der Waals surface area contributed by atoms with Gasteiger partial charge in [0.25, 0.3) is 0 Å². The van der Waals surface area contributed by atoms with Crippen molar-refractivity contribution in [2.75, 3.05) is 0 Å². The Balaban J connectivity index is 4.87. The third kappa shape index (κ3) is 5.11. The summed E-state index contributed by atoms with van der Waals surface area (Å²) in [5, 5.41) is 0. The van der Waals surface area contributed by atoms with Crippen LogP contribution < -0.4 is 9.79 Å². The van der Waals surface area contributed by atoms with E-state index in [0.29, 0.717) is 0 Å². The molecule has 4 nitrogen and oxygen atoms in total. The number of phosphoric acid groups is 1.